The van der Waals surface area contributed by atoms with Crippen molar-refractivity contribution < 1.29 is 0 Å². The van der Waals surface area contributed by atoms with E-state index < -0.39 is 0 Å². The molecular formula is C16H25N3S. The van der Waals surface area contributed by atoms with Gasteiger partial charge in [-0.1, -0.05) is 6.07 Å². The number of rotatable bonds is 5. The first kappa shape index (κ1) is 15.3. The third-order valence-corrected chi connectivity index (χ3v) is 4.15. The second kappa shape index (κ2) is 7.60. The van der Waals surface area contributed by atoms with Crippen molar-refractivity contribution in [2.45, 2.75) is 33.1 Å². The Balaban J connectivity index is 1.65. The topological polar surface area (TPSA) is 27.3 Å². The summed E-state index contributed by atoms with van der Waals surface area (Å²) in [4.78, 5) is 2.53. The van der Waals surface area contributed by atoms with Crippen LogP contribution in [0.1, 0.15) is 30.4 Å². The molecule has 2 rings (SSSR count). The minimum Gasteiger partial charge on any atom is -0.362 e. The number of hydrogen-bond acceptors (Lipinski definition) is 2. The van der Waals surface area contributed by atoms with Gasteiger partial charge in [-0.25, -0.2) is 0 Å². The van der Waals surface area contributed by atoms with Gasteiger partial charge >= 0.3 is 0 Å². The molecule has 20 heavy (non-hydrogen) atoms. The van der Waals surface area contributed by atoms with Crippen LogP contribution < -0.4 is 10.6 Å². The number of nitrogens with zero attached hydrogens (tertiary/aromatic N) is 1. The van der Waals surface area contributed by atoms with Gasteiger partial charge in [0.05, 0.1) is 0 Å². The van der Waals surface area contributed by atoms with E-state index in [9.17, 15) is 0 Å². The van der Waals surface area contributed by atoms with Crippen LogP contribution in [0.15, 0.2) is 18.2 Å². The molecule has 0 saturated carbocycles. The molecule has 0 unspecified atom stereocenters. The Labute approximate surface area is 127 Å². The van der Waals surface area contributed by atoms with E-state index in [1.165, 1.54) is 43.6 Å². The van der Waals surface area contributed by atoms with E-state index in [2.05, 4.69) is 47.6 Å². The summed E-state index contributed by atoms with van der Waals surface area (Å²) in [6, 6.07) is 6.32. The van der Waals surface area contributed by atoms with Gasteiger partial charge in [-0.05, 0) is 88.2 Å². The van der Waals surface area contributed by atoms with E-state index in [1.54, 1.807) is 0 Å². The van der Waals surface area contributed by atoms with Crippen molar-refractivity contribution in [1.82, 2.24) is 10.2 Å². The molecule has 0 aromatic heterocycles. The van der Waals surface area contributed by atoms with Crippen LogP contribution in [0.25, 0.3) is 0 Å². The maximum Gasteiger partial charge on any atom is 0.170 e. The summed E-state index contributed by atoms with van der Waals surface area (Å²) in [5.41, 5.74) is 3.65. The quantitative estimate of drug-likeness (QED) is 0.644. The van der Waals surface area contributed by atoms with Crippen molar-refractivity contribution >= 4 is 23.0 Å². The number of nitrogens with one attached hydrogen (secondary N) is 2. The summed E-state index contributed by atoms with van der Waals surface area (Å²) < 4.78 is 0. The third-order valence-electron chi connectivity index (χ3n) is 3.90. The Morgan fingerprint density at radius 2 is 1.95 bits per heavy atom. The van der Waals surface area contributed by atoms with Crippen molar-refractivity contribution in [3.63, 3.8) is 0 Å². The maximum atomic E-state index is 5.32. The molecule has 1 aromatic carbocycles. The summed E-state index contributed by atoms with van der Waals surface area (Å²) in [5.74, 6) is 0. The van der Waals surface area contributed by atoms with Crippen LogP contribution in [-0.2, 0) is 0 Å². The molecule has 1 aromatic rings. The largest absolute Gasteiger partial charge is 0.362 e. The number of hydrogen-bond donors (Lipinski definition) is 2. The zero-order valence-electron chi connectivity index (χ0n) is 12.5. The van der Waals surface area contributed by atoms with Gasteiger partial charge in [0.1, 0.15) is 0 Å². The first-order chi connectivity index (χ1) is 9.65. The van der Waals surface area contributed by atoms with Gasteiger partial charge < -0.3 is 15.5 Å². The lowest BCUT2D eigenvalue weighted by atomic mass is 10.1. The Morgan fingerprint density at radius 1 is 1.20 bits per heavy atom. The first-order valence-corrected chi connectivity index (χ1v) is 7.90. The molecule has 3 nitrogen and oxygen atoms in total. The van der Waals surface area contributed by atoms with Crippen LogP contribution in [0.5, 0.6) is 0 Å². The fourth-order valence-corrected chi connectivity index (χ4v) is 2.73. The molecule has 2 N–H and O–H groups in total. The standard InChI is InChI=1S/C16H25N3S/c1-13-6-7-15(12-14(13)2)18-16(20)17-8-5-11-19-9-3-4-10-19/h6-7,12H,3-5,8-11H2,1-2H3,(H2,17,18,20). The first-order valence-electron chi connectivity index (χ1n) is 7.49. The van der Waals surface area contributed by atoms with Crippen molar-refractivity contribution in [3.8, 4) is 0 Å². The number of thiocarbonyl (C=S) groups is 1. The average Bonchev–Trinajstić information content (AvgIpc) is 2.92. The fraction of sp³-hybridized carbons (Fsp3) is 0.562. The molecule has 0 spiro atoms. The highest BCUT2D eigenvalue weighted by Gasteiger charge is 2.10. The lowest BCUT2D eigenvalue weighted by Gasteiger charge is -2.15. The Kier molecular flexibility index (Phi) is 5.80. The van der Waals surface area contributed by atoms with Gasteiger partial charge in [0.2, 0.25) is 0 Å². The Morgan fingerprint density at radius 3 is 2.65 bits per heavy atom. The second-order valence-corrected chi connectivity index (χ2v) is 5.99. The van der Waals surface area contributed by atoms with E-state index in [0.29, 0.717) is 0 Å². The monoisotopic (exact) mass is 291 g/mol. The molecule has 1 saturated heterocycles. The van der Waals surface area contributed by atoms with Crippen molar-refractivity contribution in [3.05, 3.63) is 29.3 Å². The molecule has 1 fully saturated rings. The molecule has 0 aliphatic carbocycles. The van der Waals surface area contributed by atoms with Crippen molar-refractivity contribution in [2.75, 3.05) is 31.5 Å². The molecule has 1 aliphatic heterocycles. The lowest BCUT2D eigenvalue weighted by Crippen LogP contribution is -2.31. The van der Waals surface area contributed by atoms with Crippen LogP contribution in [0, 0.1) is 13.8 Å². The Bertz CT molecular complexity index is 453. The number of aryl methyl sites for hydroxylation is 2. The average molecular weight is 291 g/mol. The minimum atomic E-state index is 0.717. The fourth-order valence-electron chi connectivity index (χ4n) is 2.51. The maximum absolute atomic E-state index is 5.32. The van der Waals surface area contributed by atoms with Crippen LogP contribution in [0.3, 0.4) is 0 Å². The van der Waals surface area contributed by atoms with Crippen LogP contribution in [0.2, 0.25) is 0 Å². The highest BCUT2D eigenvalue weighted by atomic mass is 32.1. The number of likely N-dealkylation sites (tertiary alicyclic amines) is 1. The van der Waals surface area contributed by atoms with Gasteiger partial charge in [0.25, 0.3) is 0 Å². The second-order valence-electron chi connectivity index (χ2n) is 5.58. The molecule has 0 radical (unpaired) electrons. The highest BCUT2D eigenvalue weighted by molar-refractivity contribution is 7.80. The zero-order chi connectivity index (χ0) is 14.4. The molecule has 0 bridgehead atoms. The molecule has 0 atom stereocenters. The number of anilines is 1. The van der Waals surface area contributed by atoms with Crippen LogP contribution in [-0.4, -0.2) is 36.2 Å². The van der Waals surface area contributed by atoms with Gasteiger partial charge in [0, 0.05) is 12.2 Å². The predicted octanol–water partition coefficient (Wildman–Crippen LogP) is 3.08. The lowest BCUT2D eigenvalue weighted by molar-refractivity contribution is 0.334. The van der Waals surface area contributed by atoms with Crippen LogP contribution in [0.4, 0.5) is 5.69 Å². The summed E-state index contributed by atoms with van der Waals surface area (Å²) >= 11 is 5.32. The minimum absolute atomic E-state index is 0.717. The molecule has 0 amide bonds. The predicted molar refractivity (Wildman–Crippen MR) is 90.4 cm³/mol. The van der Waals surface area contributed by atoms with Gasteiger partial charge in [-0.15, -0.1) is 0 Å². The molecule has 1 heterocycles. The SMILES string of the molecule is Cc1ccc(NC(=S)NCCCN2CCCC2)cc1C. The molecule has 4 heteroatoms. The summed E-state index contributed by atoms with van der Waals surface area (Å²) in [6.07, 6.45) is 3.87. The van der Waals surface area contributed by atoms with Crippen LogP contribution >= 0.6 is 12.2 Å². The summed E-state index contributed by atoms with van der Waals surface area (Å²) in [5, 5.41) is 7.25. The van der Waals surface area contributed by atoms with E-state index in [-0.39, 0.29) is 0 Å². The summed E-state index contributed by atoms with van der Waals surface area (Å²) in [6.45, 7) is 8.89. The zero-order valence-corrected chi connectivity index (χ0v) is 13.4. The molecular weight excluding hydrogens is 266 g/mol. The summed E-state index contributed by atoms with van der Waals surface area (Å²) in [7, 11) is 0. The van der Waals surface area contributed by atoms with Gasteiger partial charge in [-0.2, -0.15) is 0 Å². The van der Waals surface area contributed by atoms with Gasteiger partial charge in [-0.3, -0.25) is 0 Å². The molecule has 1 aliphatic rings. The van der Waals surface area contributed by atoms with E-state index in [1.807, 2.05) is 0 Å². The van der Waals surface area contributed by atoms with E-state index >= 15 is 0 Å². The smallest absolute Gasteiger partial charge is 0.170 e. The normalized spacial score (nSPS) is 15.3. The van der Waals surface area contributed by atoms with E-state index in [0.717, 1.165) is 23.8 Å². The van der Waals surface area contributed by atoms with Crippen molar-refractivity contribution in [1.29, 1.82) is 0 Å². The molecule has 110 valence electrons. The Hall–Kier alpha value is -1.13. The van der Waals surface area contributed by atoms with Gasteiger partial charge in [0.15, 0.2) is 5.11 Å². The van der Waals surface area contributed by atoms with E-state index in [4.69, 9.17) is 12.2 Å². The van der Waals surface area contributed by atoms with Crippen molar-refractivity contribution in [2.24, 2.45) is 0 Å². The third kappa shape index (κ3) is 4.76. The number of benzene rings is 1. The highest BCUT2D eigenvalue weighted by Crippen LogP contribution is 2.13.